The van der Waals surface area contributed by atoms with Crippen LogP contribution in [0.15, 0.2) is 24.5 Å². The number of benzene rings is 1. The quantitative estimate of drug-likeness (QED) is 0.478. The second-order valence-corrected chi connectivity index (χ2v) is 11.6. The van der Waals surface area contributed by atoms with Crippen LogP contribution in [0.5, 0.6) is 0 Å². The molecule has 37 heavy (non-hydrogen) atoms. The Balaban J connectivity index is 1.75. The van der Waals surface area contributed by atoms with Crippen LogP contribution >= 0.6 is 0 Å². The SMILES string of the molecule is CC(C)CC(NC(=O)C1CCCCN1S(=O)(=O)Cc1c(F)cc(F)cc1F)C(=O)NCc1cnn(C)c1. The number of hydrogen-bond acceptors (Lipinski definition) is 5. The Morgan fingerprint density at radius 1 is 1.16 bits per heavy atom. The highest BCUT2D eigenvalue weighted by Crippen LogP contribution is 2.26. The number of aromatic nitrogens is 2. The number of aryl methyl sites for hydroxylation is 1. The Hall–Kier alpha value is -2.93. The van der Waals surface area contributed by atoms with Crippen LogP contribution in [-0.4, -0.2) is 52.9 Å². The fourth-order valence-electron chi connectivity index (χ4n) is 4.32. The lowest BCUT2D eigenvalue weighted by molar-refractivity contribution is -0.132. The number of carbonyl (C=O) groups is 2. The molecule has 2 amide bonds. The minimum Gasteiger partial charge on any atom is -0.350 e. The molecule has 1 aliphatic heterocycles. The zero-order valence-electron chi connectivity index (χ0n) is 21.0. The minimum absolute atomic E-state index is 0.0209. The maximum Gasteiger partial charge on any atom is 0.242 e. The first kappa shape index (κ1) is 28.6. The fraction of sp³-hybridized carbons (Fsp3) is 0.542. The van der Waals surface area contributed by atoms with Gasteiger partial charge in [-0.15, -0.1) is 0 Å². The molecular formula is C24H32F3N5O4S. The molecule has 2 atom stereocenters. The van der Waals surface area contributed by atoms with E-state index < -0.39 is 62.7 Å². The number of piperidine rings is 1. The van der Waals surface area contributed by atoms with E-state index in [1.165, 1.54) is 0 Å². The van der Waals surface area contributed by atoms with Gasteiger partial charge >= 0.3 is 0 Å². The monoisotopic (exact) mass is 543 g/mol. The van der Waals surface area contributed by atoms with Crippen LogP contribution in [0.3, 0.4) is 0 Å². The molecule has 9 nitrogen and oxygen atoms in total. The van der Waals surface area contributed by atoms with Gasteiger partial charge in [0.1, 0.15) is 29.5 Å². The van der Waals surface area contributed by atoms with E-state index in [0.29, 0.717) is 31.4 Å². The summed E-state index contributed by atoms with van der Waals surface area (Å²) in [6.45, 7) is 3.95. The van der Waals surface area contributed by atoms with E-state index in [1.807, 2.05) is 13.8 Å². The molecule has 0 saturated carbocycles. The van der Waals surface area contributed by atoms with E-state index in [2.05, 4.69) is 15.7 Å². The summed E-state index contributed by atoms with van der Waals surface area (Å²) in [5, 5.41) is 9.49. The van der Waals surface area contributed by atoms with Crippen LogP contribution in [-0.2, 0) is 39.0 Å². The highest BCUT2D eigenvalue weighted by Gasteiger charge is 2.39. The Morgan fingerprint density at radius 3 is 2.43 bits per heavy atom. The largest absolute Gasteiger partial charge is 0.350 e. The van der Waals surface area contributed by atoms with Crippen LogP contribution in [0.4, 0.5) is 13.2 Å². The van der Waals surface area contributed by atoms with Crippen LogP contribution in [0.2, 0.25) is 0 Å². The molecule has 2 heterocycles. The molecule has 2 unspecified atom stereocenters. The van der Waals surface area contributed by atoms with Gasteiger partial charge in [-0.2, -0.15) is 9.40 Å². The Bertz CT molecular complexity index is 1210. The Kier molecular flexibility index (Phi) is 9.35. The van der Waals surface area contributed by atoms with Gasteiger partial charge in [-0.1, -0.05) is 20.3 Å². The first-order valence-electron chi connectivity index (χ1n) is 12.1. The van der Waals surface area contributed by atoms with Crippen molar-refractivity contribution in [3.8, 4) is 0 Å². The molecule has 204 valence electrons. The average molecular weight is 544 g/mol. The van der Waals surface area contributed by atoms with Gasteiger partial charge in [0.05, 0.1) is 11.9 Å². The van der Waals surface area contributed by atoms with Crippen molar-refractivity contribution in [1.82, 2.24) is 24.7 Å². The van der Waals surface area contributed by atoms with E-state index in [1.54, 1.807) is 24.1 Å². The molecular weight excluding hydrogens is 511 g/mol. The van der Waals surface area contributed by atoms with E-state index in [4.69, 9.17) is 0 Å². The number of nitrogens with zero attached hydrogens (tertiary/aromatic N) is 3. The minimum atomic E-state index is -4.35. The van der Waals surface area contributed by atoms with Crippen molar-refractivity contribution in [1.29, 1.82) is 0 Å². The third-order valence-corrected chi connectivity index (χ3v) is 7.92. The van der Waals surface area contributed by atoms with Crippen molar-refractivity contribution in [2.75, 3.05) is 6.54 Å². The number of rotatable bonds is 10. The summed E-state index contributed by atoms with van der Waals surface area (Å²) in [5.74, 6) is -5.90. The normalized spacial score (nSPS) is 17.5. The van der Waals surface area contributed by atoms with Crippen molar-refractivity contribution < 1.29 is 31.2 Å². The molecule has 0 spiro atoms. The molecule has 1 aromatic carbocycles. The van der Waals surface area contributed by atoms with Gasteiger partial charge < -0.3 is 10.6 Å². The van der Waals surface area contributed by atoms with Gasteiger partial charge in [-0.05, 0) is 25.2 Å². The van der Waals surface area contributed by atoms with Crippen LogP contribution in [0.1, 0.15) is 50.7 Å². The lowest BCUT2D eigenvalue weighted by atomic mass is 10.0. The molecule has 1 aliphatic rings. The maximum absolute atomic E-state index is 14.2. The van der Waals surface area contributed by atoms with E-state index in [0.717, 1.165) is 9.87 Å². The highest BCUT2D eigenvalue weighted by atomic mass is 32.2. The standard InChI is InChI=1S/C24H32F3N5O4S/c1-15(2)8-21(23(33)28-11-16-12-29-31(3)13-16)30-24(34)22-6-4-5-7-32(22)37(35,36)14-18-19(26)9-17(25)10-20(18)27/h9-10,12-13,15,21-22H,4-8,11,14H2,1-3H3,(H,28,33)(H,30,34). The van der Waals surface area contributed by atoms with Crippen LogP contribution in [0.25, 0.3) is 0 Å². The summed E-state index contributed by atoms with van der Waals surface area (Å²) in [4.78, 5) is 26.2. The van der Waals surface area contributed by atoms with E-state index in [-0.39, 0.29) is 25.4 Å². The number of halogens is 3. The Morgan fingerprint density at radius 2 is 1.84 bits per heavy atom. The summed E-state index contributed by atoms with van der Waals surface area (Å²) in [6, 6.07) is -1.24. The molecule has 2 N–H and O–H groups in total. The second kappa shape index (κ2) is 12.1. The third-order valence-electron chi connectivity index (χ3n) is 6.11. The Labute approximate surface area is 214 Å². The number of sulfonamides is 1. The van der Waals surface area contributed by atoms with Crippen LogP contribution < -0.4 is 10.6 Å². The van der Waals surface area contributed by atoms with E-state index >= 15 is 0 Å². The number of nitrogens with one attached hydrogen (secondary N) is 2. The predicted octanol–water partition coefficient (Wildman–Crippen LogP) is 2.37. The molecule has 0 bridgehead atoms. The summed E-state index contributed by atoms with van der Waals surface area (Å²) in [5.41, 5.74) is -0.0196. The van der Waals surface area contributed by atoms with Crippen molar-refractivity contribution in [2.24, 2.45) is 13.0 Å². The molecule has 2 aromatic rings. The van der Waals surface area contributed by atoms with Gasteiger partial charge in [-0.25, -0.2) is 21.6 Å². The molecule has 0 aliphatic carbocycles. The smallest absolute Gasteiger partial charge is 0.242 e. The van der Waals surface area contributed by atoms with Crippen molar-refractivity contribution in [3.05, 3.63) is 53.1 Å². The maximum atomic E-state index is 14.2. The lowest BCUT2D eigenvalue weighted by Crippen LogP contribution is -2.56. The number of carbonyl (C=O) groups excluding carboxylic acids is 2. The van der Waals surface area contributed by atoms with Gasteiger partial charge in [0.25, 0.3) is 0 Å². The summed E-state index contributed by atoms with van der Waals surface area (Å²) in [7, 11) is -2.61. The summed E-state index contributed by atoms with van der Waals surface area (Å²) in [6.07, 6.45) is 4.87. The first-order valence-corrected chi connectivity index (χ1v) is 13.7. The highest BCUT2D eigenvalue weighted by molar-refractivity contribution is 7.88. The molecule has 0 radical (unpaired) electrons. The van der Waals surface area contributed by atoms with Crippen molar-refractivity contribution in [3.63, 3.8) is 0 Å². The lowest BCUT2D eigenvalue weighted by Gasteiger charge is -2.34. The third kappa shape index (κ3) is 7.54. The molecule has 1 aromatic heterocycles. The number of hydrogen-bond donors (Lipinski definition) is 2. The molecule has 1 saturated heterocycles. The number of amides is 2. The van der Waals surface area contributed by atoms with Gasteiger partial charge in [0, 0.05) is 49.6 Å². The van der Waals surface area contributed by atoms with Gasteiger partial charge in [0.15, 0.2) is 0 Å². The summed E-state index contributed by atoms with van der Waals surface area (Å²) >= 11 is 0. The zero-order valence-corrected chi connectivity index (χ0v) is 21.8. The molecule has 13 heteroatoms. The fourth-order valence-corrected chi connectivity index (χ4v) is 6.12. The molecule has 1 fully saturated rings. The first-order chi connectivity index (χ1) is 17.4. The zero-order chi connectivity index (χ0) is 27.3. The van der Waals surface area contributed by atoms with Crippen LogP contribution in [0, 0.1) is 23.4 Å². The van der Waals surface area contributed by atoms with Crippen molar-refractivity contribution in [2.45, 2.75) is 63.9 Å². The topological polar surface area (TPSA) is 113 Å². The molecule has 3 rings (SSSR count). The second-order valence-electron chi connectivity index (χ2n) is 9.66. The predicted molar refractivity (Wildman–Crippen MR) is 130 cm³/mol. The van der Waals surface area contributed by atoms with Gasteiger partial charge in [0.2, 0.25) is 21.8 Å². The van der Waals surface area contributed by atoms with E-state index in [9.17, 15) is 31.2 Å². The summed E-state index contributed by atoms with van der Waals surface area (Å²) < 4.78 is 70.4. The van der Waals surface area contributed by atoms with Gasteiger partial charge in [-0.3, -0.25) is 14.3 Å². The van der Waals surface area contributed by atoms with Crippen molar-refractivity contribution >= 4 is 21.8 Å². The average Bonchev–Trinajstić information content (AvgIpc) is 3.24.